The third-order valence-corrected chi connectivity index (χ3v) is 3.02. The highest BCUT2D eigenvalue weighted by Crippen LogP contribution is 2.08. The third kappa shape index (κ3) is 3.67. The van der Waals surface area contributed by atoms with Crippen LogP contribution in [0.5, 0.6) is 0 Å². The van der Waals surface area contributed by atoms with E-state index < -0.39 is 0 Å². The molecule has 19 heavy (non-hydrogen) atoms. The van der Waals surface area contributed by atoms with Gasteiger partial charge < -0.3 is 5.32 Å². The van der Waals surface area contributed by atoms with Crippen LogP contribution in [0.4, 0.5) is 0 Å². The van der Waals surface area contributed by atoms with Crippen molar-refractivity contribution in [3.8, 4) is 0 Å². The van der Waals surface area contributed by atoms with Gasteiger partial charge in [0.25, 0.3) is 0 Å². The van der Waals surface area contributed by atoms with Crippen LogP contribution in [-0.4, -0.2) is 25.1 Å². The molecule has 2 aromatic heterocycles. The van der Waals surface area contributed by atoms with E-state index in [0.717, 1.165) is 18.8 Å². The summed E-state index contributed by atoms with van der Waals surface area (Å²) in [5.74, 6) is 0. The lowest BCUT2D eigenvalue weighted by molar-refractivity contribution is 0.413. The van der Waals surface area contributed by atoms with Crippen LogP contribution in [-0.2, 0) is 20.1 Å². The van der Waals surface area contributed by atoms with Gasteiger partial charge in [0.1, 0.15) is 0 Å². The molecular formula is C14H23N5. The van der Waals surface area contributed by atoms with Gasteiger partial charge in [0.15, 0.2) is 0 Å². The predicted octanol–water partition coefficient (Wildman–Crippen LogP) is 1.86. The van der Waals surface area contributed by atoms with Crippen molar-refractivity contribution in [3.05, 3.63) is 35.4 Å². The van der Waals surface area contributed by atoms with Crippen molar-refractivity contribution in [2.45, 2.75) is 46.3 Å². The minimum atomic E-state index is 0.109. The summed E-state index contributed by atoms with van der Waals surface area (Å²) in [6.07, 6.45) is 1.85. The van der Waals surface area contributed by atoms with Gasteiger partial charge in [0.2, 0.25) is 0 Å². The highest BCUT2D eigenvalue weighted by Gasteiger charge is 2.11. The predicted molar refractivity (Wildman–Crippen MR) is 75.9 cm³/mol. The molecule has 0 amide bonds. The van der Waals surface area contributed by atoms with E-state index in [1.165, 1.54) is 11.4 Å². The van der Waals surface area contributed by atoms with Crippen LogP contribution in [0.1, 0.15) is 37.9 Å². The molecule has 5 heteroatoms. The van der Waals surface area contributed by atoms with Gasteiger partial charge >= 0.3 is 0 Å². The molecule has 0 radical (unpaired) electrons. The average molecular weight is 261 g/mol. The molecule has 104 valence electrons. The fourth-order valence-corrected chi connectivity index (χ4v) is 1.97. The SMILES string of the molecule is Cc1cc(Cn2nccc2CNC(C)(C)C)n(C)n1. The van der Waals surface area contributed by atoms with Crippen LogP contribution in [0.2, 0.25) is 0 Å². The van der Waals surface area contributed by atoms with Crippen molar-refractivity contribution in [3.63, 3.8) is 0 Å². The number of hydrogen-bond acceptors (Lipinski definition) is 3. The maximum absolute atomic E-state index is 4.40. The summed E-state index contributed by atoms with van der Waals surface area (Å²) in [6, 6.07) is 4.16. The molecule has 1 N–H and O–H groups in total. The molecule has 0 aromatic carbocycles. The first-order valence-electron chi connectivity index (χ1n) is 6.60. The summed E-state index contributed by atoms with van der Waals surface area (Å²) in [6.45, 7) is 10.1. The van der Waals surface area contributed by atoms with E-state index in [1.54, 1.807) is 0 Å². The molecule has 0 unspecified atom stereocenters. The molecule has 0 aliphatic rings. The Labute approximate surface area is 114 Å². The van der Waals surface area contributed by atoms with Crippen LogP contribution >= 0.6 is 0 Å². The molecular weight excluding hydrogens is 238 g/mol. The summed E-state index contributed by atoms with van der Waals surface area (Å²) in [4.78, 5) is 0. The normalized spacial score (nSPS) is 12.1. The summed E-state index contributed by atoms with van der Waals surface area (Å²) in [5.41, 5.74) is 3.50. The number of nitrogens with zero attached hydrogens (tertiary/aromatic N) is 4. The van der Waals surface area contributed by atoms with E-state index in [4.69, 9.17) is 0 Å². The Hall–Kier alpha value is -1.62. The van der Waals surface area contributed by atoms with Crippen molar-refractivity contribution in [2.75, 3.05) is 0 Å². The maximum Gasteiger partial charge on any atom is 0.0831 e. The molecule has 0 aliphatic heterocycles. The number of rotatable bonds is 4. The molecule has 0 fully saturated rings. The van der Waals surface area contributed by atoms with Crippen LogP contribution in [0.15, 0.2) is 18.3 Å². The zero-order chi connectivity index (χ0) is 14.0. The zero-order valence-electron chi connectivity index (χ0n) is 12.4. The Morgan fingerprint density at radius 3 is 2.58 bits per heavy atom. The second-order valence-electron chi connectivity index (χ2n) is 5.98. The first kappa shape index (κ1) is 13.8. The van der Waals surface area contributed by atoms with E-state index in [1.807, 2.05) is 29.5 Å². The van der Waals surface area contributed by atoms with Crippen LogP contribution in [0, 0.1) is 6.92 Å². The number of aryl methyl sites for hydroxylation is 2. The van der Waals surface area contributed by atoms with Crippen molar-refractivity contribution in [2.24, 2.45) is 7.05 Å². The standard InChI is InChI=1S/C14H23N5/c1-11-8-13(18(5)17-11)10-19-12(6-7-16-19)9-15-14(2,3)4/h6-8,15H,9-10H2,1-5H3. The molecule has 0 atom stereocenters. The Bertz CT molecular complexity index is 544. The van der Waals surface area contributed by atoms with Gasteiger partial charge in [-0.15, -0.1) is 0 Å². The second kappa shape index (κ2) is 5.17. The molecule has 0 saturated heterocycles. The lowest BCUT2D eigenvalue weighted by Crippen LogP contribution is -2.35. The van der Waals surface area contributed by atoms with Crippen molar-refractivity contribution in [1.29, 1.82) is 0 Å². The number of nitrogens with one attached hydrogen (secondary N) is 1. The van der Waals surface area contributed by atoms with Gasteiger partial charge in [0.05, 0.1) is 23.6 Å². The van der Waals surface area contributed by atoms with Crippen molar-refractivity contribution in [1.82, 2.24) is 24.9 Å². The summed E-state index contributed by atoms with van der Waals surface area (Å²) >= 11 is 0. The molecule has 2 aromatic rings. The fourth-order valence-electron chi connectivity index (χ4n) is 1.97. The Morgan fingerprint density at radius 1 is 1.26 bits per heavy atom. The smallest absolute Gasteiger partial charge is 0.0831 e. The first-order valence-corrected chi connectivity index (χ1v) is 6.60. The Morgan fingerprint density at radius 2 is 2.00 bits per heavy atom. The highest BCUT2D eigenvalue weighted by atomic mass is 15.3. The quantitative estimate of drug-likeness (QED) is 0.914. The number of aromatic nitrogens is 4. The minimum absolute atomic E-state index is 0.109. The zero-order valence-corrected chi connectivity index (χ0v) is 12.4. The maximum atomic E-state index is 4.40. The third-order valence-electron chi connectivity index (χ3n) is 3.02. The lowest BCUT2D eigenvalue weighted by Gasteiger charge is -2.20. The molecule has 0 bridgehead atoms. The summed E-state index contributed by atoms with van der Waals surface area (Å²) in [7, 11) is 1.97. The first-order chi connectivity index (χ1) is 8.85. The van der Waals surface area contributed by atoms with Gasteiger partial charge in [-0.05, 0) is 39.8 Å². The van der Waals surface area contributed by atoms with Gasteiger partial charge in [-0.3, -0.25) is 9.36 Å². The van der Waals surface area contributed by atoms with Crippen molar-refractivity contribution < 1.29 is 0 Å². The average Bonchev–Trinajstić information content (AvgIpc) is 2.83. The van der Waals surface area contributed by atoms with E-state index in [9.17, 15) is 0 Å². The Balaban J connectivity index is 2.09. The van der Waals surface area contributed by atoms with Gasteiger partial charge in [0, 0.05) is 25.3 Å². The summed E-state index contributed by atoms with van der Waals surface area (Å²) < 4.78 is 3.94. The highest BCUT2D eigenvalue weighted by molar-refractivity contribution is 5.11. The van der Waals surface area contributed by atoms with E-state index in [0.29, 0.717) is 0 Å². The van der Waals surface area contributed by atoms with E-state index in [-0.39, 0.29) is 5.54 Å². The van der Waals surface area contributed by atoms with E-state index >= 15 is 0 Å². The largest absolute Gasteiger partial charge is 0.306 e. The fraction of sp³-hybridized carbons (Fsp3) is 0.571. The lowest BCUT2D eigenvalue weighted by atomic mass is 10.1. The topological polar surface area (TPSA) is 47.7 Å². The second-order valence-corrected chi connectivity index (χ2v) is 5.98. The van der Waals surface area contributed by atoms with Crippen LogP contribution < -0.4 is 5.32 Å². The van der Waals surface area contributed by atoms with Gasteiger partial charge in [-0.1, -0.05) is 0 Å². The molecule has 0 spiro atoms. The van der Waals surface area contributed by atoms with Crippen LogP contribution in [0.25, 0.3) is 0 Å². The molecule has 2 heterocycles. The van der Waals surface area contributed by atoms with E-state index in [2.05, 4.69) is 48.4 Å². The Kier molecular flexibility index (Phi) is 3.75. The number of hydrogen-bond donors (Lipinski definition) is 1. The molecule has 5 nitrogen and oxygen atoms in total. The monoisotopic (exact) mass is 261 g/mol. The van der Waals surface area contributed by atoms with Crippen molar-refractivity contribution >= 4 is 0 Å². The molecule has 0 saturated carbocycles. The van der Waals surface area contributed by atoms with Crippen LogP contribution in [0.3, 0.4) is 0 Å². The molecule has 2 rings (SSSR count). The minimum Gasteiger partial charge on any atom is -0.306 e. The van der Waals surface area contributed by atoms with Gasteiger partial charge in [-0.25, -0.2) is 0 Å². The van der Waals surface area contributed by atoms with Gasteiger partial charge in [-0.2, -0.15) is 10.2 Å². The molecule has 0 aliphatic carbocycles. The summed E-state index contributed by atoms with van der Waals surface area (Å²) in [5, 5.41) is 12.3.